The van der Waals surface area contributed by atoms with Gasteiger partial charge in [0.15, 0.2) is 0 Å². The van der Waals surface area contributed by atoms with E-state index in [1.54, 1.807) is 16.0 Å². The minimum atomic E-state index is -0.329. The van der Waals surface area contributed by atoms with Gasteiger partial charge in [0, 0.05) is 31.8 Å². The lowest BCUT2D eigenvalue weighted by molar-refractivity contribution is -0.129. The van der Waals surface area contributed by atoms with Gasteiger partial charge in [-0.25, -0.2) is 9.97 Å². The van der Waals surface area contributed by atoms with Gasteiger partial charge in [-0.3, -0.25) is 19.4 Å². The first-order valence-corrected chi connectivity index (χ1v) is 9.91. The molecule has 2 aromatic rings. The number of hydrogen-bond donors (Lipinski definition) is 1. The number of H-pyrrole nitrogens is 1. The molecule has 9 nitrogen and oxygen atoms in total. The van der Waals surface area contributed by atoms with Crippen LogP contribution in [-0.4, -0.2) is 54.6 Å². The first-order chi connectivity index (χ1) is 13.9. The van der Waals surface area contributed by atoms with Crippen molar-refractivity contribution in [2.45, 2.75) is 52.1 Å². The molecule has 1 fully saturated rings. The Morgan fingerprint density at radius 3 is 2.72 bits per heavy atom. The van der Waals surface area contributed by atoms with Crippen molar-refractivity contribution in [3.05, 3.63) is 51.2 Å². The van der Waals surface area contributed by atoms with Gasteiger partial charge in [-0.2, -0.15) is 0 Å². The Bertz CT molecular complexity index is 1000. The maximum Gasteiger partial charge on any atom is 0.274 e. The van der Waals surface area contributed by atoms with E-state index in [2.05, 4.69) is 15.0 Å². The minimum Gasteiger partial charge on any atom is -0.337 e. The van der Waals surface area contributed by atoms with E-state index in [4.69, 9.17) is 4.98 Å². The van der Waals surface area contributed by atoms with Crippen molar-refractivity contribution in [1.29, 1.82) is 0 Å². The SMILES string of the molecule is CC(=O)N1CCc2c(nc([C@@H]3CCCCN3C(=O)c3cnc(C)cn3)[nH]c2=O)C1. The highest BCUT2D eigenvalue weighted by atomic mass is 16.2. The first kappa shape index (κ1) is 19.2. The number of amides is 2. The number of fused-ring (bicyclic) bond motifs is 1. The lowest BCUT2D eigenvalue weighted by Gasteiger charge is -2.35. The predicted molar refractivity (Wildman–Crippen MR) is 104 cm³/mol. The molecule has 1 N–H and O–H groups in total. The summed E-state index contributed by atoms with van der Waals surface area (Å²) < 4.78 is 0. The summed E-state index contributed by atoms with van der Waals surface area (Å²) in [4.78, 5) is 56.8. The summed E-state index contributed by atoms with van der Waals surface area (Å²) in [5, 5.41) is 0. The lowest BCUT2D eigenvalue weighted by Crippen LogP contribution is -2.42. The van der Waals surface area contributed by atoms with Gasteiger partial charge in [-0.1, -0.05) is 0 Å². The summed E-state index contributed by atoms with van der Waals surface area (Å²) in [7, 11) is 0. The van der Waals surface area contributed by atoms with Crippen molar-refractivity contribution in [2.75, 3.05) is 13.1 Å². The van der Waals surface area contributed by atoms with Crippen LogP contribution in [0.4, 0.5) is 0 Å². The van der Waals surface area contributed by atoms with Gasteiger partial charge in [0.25, 0.3) is 11.5 Å². The lowest BCUT2D eigenvalue weighted by atomic mass is 9.99. The van der Waals surface area contributed by atoms with Crippen LogP contribution < -0.4 is 5.56 Å². The zero-order valence-electron chi connectivity index (χ0n) is 16.6. The van der Waals surface area contributed by atoms with Crippen molar-refractivity contribution in [3.8, 4) is 0 Å². The molecule has 0 spiro atoms. The smallest absolute Gasteiger partial charge is 0.274 e. The third-order valence-electron chi connectivity index (χ3n) is 5.62. The number of nitrogens with one attached hydrogen (secondary N) is 1. The molecular weight excluding hydrogens is 372 g/mol. The number of nitrogens with zero attached hydrogens (tertiary/aromatic N) is 5. The number of rotatable bonds is 2. The number of carbonyl (C=O) groups is 2. The normalized spacial score (nSPS) is 19.0. The summed E-state index contributed by atoms with van der Waals surface area (Å²) in [5.41, 5.74) is 2.10. The molecule has 0 aliphatic carbocycles. The first-order valence-electron chi connectivity index (χ1n) is 9.91. The number of aryl methyl sites for hydroxylation is 1. The fourth-order valence-corrected chi connectivity index (χ4v) is 3.99. The second-order valence-electron chi connectivity index (χ2n) is 7.62. The molecule has 4 rings (SSSR count). The molecule has 2 aromatic heterocycles. The number of piperidine rings is 1. The van der Waals surface area contributed by atoms with E-state index in [9.17, 15) is 14.4 Å². The summed E-state index contributed by atoms with van der Waals surface area (Å²) in [6.07, 6.45) is 6.08. The highest BCUT2D eigenvalue weighted by molar-refractivity contribution is 5.92. The summed E-state index contributed by atoms with van der Waals surface area (Å²) in [6.45, 7) is 4.75. The van der Waals surface area contributed by atoms with Crippen LogP contribution in [0.15, 0.2) is 17.2 Å². The summed E-state index contributed by atoms with van der Waals surface area (Å²) >= 11 is 0. The van der Waals surface area contributed by atoms with Crippen molar-refractivity contribution in [1.82, 2.24) is 29.7 Å². The average Bonchev–Trinajstić information content (AvgIpc) is 2.73. The highest BCUT2D eigenvalue weighted by Gasteiger charge is 2.32. The van der Waals surface area contributed by atoms with Crippen molar-refractivity contribution < 1.29 is 9.59 Å². The molecule has 2 aliphatic heterocycles. The Hall–Kier alpha value is -3.10. The second-order valence-corrected chi connectivity index (χ2v) is 7.62. The number of likely N-dealkylation sites (tertiary alicyclic amines) is 1. The molecule has 1 saturated heterocycles. The van der Waals surface area contributed by atoms with Crippen molar-refractivity contribution in [3.63, 3.8) is 0 Å². The van der Waals surface area contributed by atoms with Crippen LogP contribution in [0, 0.1) is 6.92 Å². The van der Waals surface area contributed by atoms with Crippen molar-refractivity contribution in [2.24, 2.45) is 0 Å². The number of aromatic amines is 1. The van der Waals surface area contributed by atoms with E-state index in [0.717, 1.165) is 18.5 Å². The average molecular weight is 396 g/mol. The van der Waals surface area contributed by atoms with Crippen LogP contribution in [0.3, 0.4) is 0 Å². The van der Waals surface area contributed by atoms with E-state index in [0.29, 0.717) is 49.6 Å². The number of aromatic nitrogens is 4. The molecule has 29 heavy (non-hydrogen) atoms. The van der Waals surface area contributed by atoms with Gasteiger partial charge in [0.2, 0.25) is 5.91 Å². The largest absolute Gasteiger partial charge is 0.337 e. The van der Waals surface area contributed by atoms with Crippen LogP contribution in [0.1, 0.15) is 65.5 Å². The molecule has 0 radical (unpaired) electrons. The van der Waals surface area contributed by atoms with Crippen LogP contribution >= 0.6 is 0 Å². The molecule has 0 aromatic carbocycles. The number of hydrogen-bond acceptors (Lipinski definition) is 6. The second kappa shape index (κ2) is 7.73. The van der Waals surface area contributed by atoms with Gasteiger partial charge < -0.3 is 14.8 Å². The maximum atomic E-state index is 13.1. The van der Waals surface area contributed by atoms with Crippen LogP contribution in [-0.2, 0) is 17.8 Å². The van der Waals surface area contributed by atoms with Gasteiger partial charge in [0.05, 0.1) is 30.2 Å². The fraction of sp³-hybridized carbons (Fsp3) is 0.500. The van der Waals surface area contributed by atoms with E-state index < -0.39 is 0 Å². The third kappa shape index (κ3) is 3.76. The van der Waals surface area contributed by atoms with Crippen molar-refractivity contribution >= 4 is 11.8 Å². The Labute approximate surface area is 168 Å². The Morgan fingerprint density at radius 1 is 1.17 bits per heavy atom. The Morgan fingerprint density at radius 2 is 2.00 bits per heavy atom. The zero-order chi connectivity index (χ0) is 20.5. The standard InChI is InChI=1S/C20H24N6O3/c1-12-9-22-15(10-21-12)20(29)26-7-4-3-5-17(26)18-23-16-11-25(13(2)27)8-6-14(16)19(28)24-18/h9-10,17H,3-8,11H2,1-2H3,(H,23,24,28)/t17-/m0/s1. The summed E-state index contributed by atoms with van der Waals surface area (Å²) in [6, 6.07) is -0.329. The Kier molecular flexibility index (Phi) is 5.12. The molecule has 0 unspecified atom stereocenters. The molecule has 2 aliphatic rings. The van der Waals surface area contributed by atoms with E-state index in [1.807, 2.05) is 6.92 Å². The van der Waals surface area contributed by atoms with Gasteiger partial charge in [-0.05, 0) is 32.6 Å². The maximum absolute atomic E-state index is 13.1. The summed E-state index contributed by atoms with van der Waals surface area (Å²) in [5.74, 6) is 0.229. The monoisotopic (exact) mass is 396 g/mol. The predicted octanol–water partition coefficient (Wildman–Crippen LogP) is 1.14. The Balaban J connectivity index is 1.67. The molecule has 152 valence electrons. The van der Waals surface area contributed by atoms with E-state index in [-0.39, 0.29) is 29.1 Å². The molecule has 0 saturated carbocycles. The van der Waals surface area contributed by atoms with Crippen LogP contribution in [0.5, 0.6) is 0 Å². The third-order valence-corrected chi connectivity index (χ3v) is 5.62. The molecule has 4 heterocycles. The molecular formula is C20H24N6O3. The molecule has 9 heteroatoms. The molecule has 2 amide bonds. The van der Waals surface area contributed by atoms with Crippen LogP contribution in [0.2, 0.25) is 0 Å². The highest BCUT2D eigenvalue weighted by Crippen LogP contribution is 2.30. The fourth-order valence-electron chi connectivity index (χ4n) is 3.99. The van der Waals surface area contributed by atoms with Gasteiger partial charge >= 0.3 is 0 Å². The topological polar surface area (TPSA) is 112 Å². The molecule has 1 atom stereocenters. The van der Waals surface area contributed by atoms with Gasteiger partial charge in [-0.15, -0.1) is 0 Å². The quantitative estimate of drug-likeness (QED) is 0.815. The molecule has 0 bridgehead atoms. The van der Waals surface area contributed by atoms with Crippen LogP contribution in [0.25, 0.3) is 0 Å². The van der Waals surface area contributed by atoms with Gasteiger partial charge in [0.1, 0.15) is 11.5 Å². The number of carbonyl (C=O) groups excluding carboxylic acids is 2. The zero-order valence-corrected chi connectivity index (χ0v) is 16.6. The minimum absolute atomic E-state index is 0.0355. The van der Waals surface area contributed by atoms with E-state index in [1.165, 1.54) is 13.1 Å². The van der Waals surface area contributed by atoms with E-state index >= 15 is 0 Å².